The first-order valence-corrected chi connectivity index (χ1v) is 7.51. The van der Waals surface area contributed by atoms with Crippen LogP contribution >= 0.6 is 0 Å². The van der Waals surface area contributed by atoms with E-state index in [0.29, 0.717) is 6.54 Å². The molecule has 2 heterocycles. The zero-order chi connectivity index (χ0) is 14.4. The number of carboxylic acid groups (broad SMARTS) is 1. The molecule has 0 aliphatic carbocycles. The van der Waals surface area contributed by atoms with Gasteiger partial charge in [0.2, 0.25) is 0 Å². The molecular formula is C16H24N2O2. The molecule has 4 heteroatoms. The summed E-state index contributed by atoms with van der Waals surface area (Å²) in [6.07, 6.45) is 8.11. The Balaban J connectivity index is 1.94. The number of piperidine rings is 1. The largest absolute Gasteiger partial charge is 0.481 e. The third-order valence-electron chi connectivity index (χ3n) is 4.30. The number of pyridine rings is 1. The second kappa shape index (κ2) is 6.84. The Labute approximate surface area is 120 Å². The Hall–Kier alpha value is -1.42. The first kappa shape index (κ1) is 15.0. The van der Waals surface area contributed by atoms with Gasteiger partial charge in [0, 0.05) is 25.5 Å². The van der Waals surface area contributed by atoms with E-state index < -0.39 is 11.4 Å². The standard InChI is InChI=1S/C16H24N2O2/c1-2-7-16(15(19)20)8-3-11-18(13-16)12-6-14-4-9-17-10-5-14/h4-5,9-10H,2-3,6-8,11-13H2,1H3,(H,19,20). The van der Waals surface area contributed by atoms with Gasteiger partial charge in [0.1, 0.15) is 0 Å². The van der Waals surface area contributed by atoms with Crippen molar-refractivity contribution in [3.8, 4) is 0 Å². The van der Waals surface area contributed by atoms with E-state index in [0.717, 1.165) is 45.2 Å². The van der Waals surface area contributed by atoms with Crippen molar-refractivity contribution in [3.05, 3.63) is 30.1 Å². The van der Waals surface area contributed by atoms with Crippen molar-refractivity contribution in [2.45, 2.75) is 39.0 Å². The maximum Gasteiger partial charge on any atom is 0.310 e. The maximum absolute atomic E-state index is 11.7. The molecule has 0 radical (unpaired) electrons. The molecule has 0 saturated carbocycles. The van der Waals surface area contributed by atoms with Gasteiger partial charge in [0.15, 0.2) is 0 Å². The molecule has 1 atom stereocenters. The van der Waals surface area contributed by atoms with Crippen LogP contribution in [0.3, 0.4) is 0 Å². The van der Waals surface area contributed by atoms with Crippen LogP contribution in [0.4, 0.5) is 0 Å². The zero-order valence-electron chi connectivity index (χ0n) is 12.2. The van der Waals surface area contributed by atoms with Crippen LogP contribution in [-0.4, -0.2) is 40.6 Å². The summed E-state index contributed by atoms with van der Waals surface area (Å²) in [6.45, 7) is 4.72. The van der Waals surface area contributed by atoms with Gasteiger partial charge in [-0.05, 0) is 49.9 Å². The SMILES string of the molecule is CCCC1(C(=O)O)CCCN(CCc2ccncc2)C1. The zero-order valence-corrected chi connectivity index (χ0v) is 12.2. The molecule has 0 spiro atoms. The Morgan fingerprint density at radius 3 is 2.85 bits per heavy atom. The molecule has 0 aromatic carbocycles. The number of carboxylic acids is 1. The van der Waals surface area contributed by atoms with E-state index in [-0.39, 0.29) is 0 Å². The molecule has 1 saturated heterocycles. The minimum Gasteiger partial charge on any atom is -0.481 e. The number of aliphatic carboxylic acids is 1. The molecule has 1 unspecified atom stereocenters. The van der Waals surface area contributed by atoms with E-state index in [1.165, 1.54) is 5.56 Å². The lowest BCUT2D eigenvalue weighted by Gasteiger charge is -2.40. The molecule has 1 aliphatic rings. The number of hydrogen-bond donors (Lipinski definition) is 1. The van der Waals surface area contributed by atoms with Gasteiger partial charge in [-0.2, -0.15) is 0 Å². The number of carbonyl (C=O) groups is 1. The quantitative estimate of drug-likeness (QED) is 0.867. The van der Waals surface area contributed by atoms with E-state index in [1.54, 1.807) is 0 Å². The molecule has 1 aliphatic heterocycles. The molecule has 1 aromatic rings. The van der Waals surface area contributed by atoms with E-state index >= 15 is 0 Å². The third-order valence-corrected chi connectivity index (χ3v) is 4.30. The molecule has 20 heavy (non-hydrogen) atoms. The lowest BCUT2D eigenvalue weighted by molar-refractivity contribution is -0.153. The Morgan fingerprint density at radius 2 is 2.20 bits per heavy atom. The summed E-state index contributed by atoms with van der Waals surface area (Å²) in [6, 6.07) is 4.06. The van der Waals surface area contributed by atoms with Gasteiger partial charge in [-0.15, -0.1) is 0 Å². The molecular weight excluding hydrogens is 252 g/mol. The average molecular weight is 276 g/mol. The van der Waals surface area contributed by atoms with Crippen LogP contribution in [0.15, 0.2) is 24.5 Å². The van der Waals surface area contributed by atoms with Crippen molar-refractivity contribution < 1.29 is 9.90 Å². The van der Waals surface area contributed by atoms with E-state index in [2.05, 4.69) is 16.8 Å². The van der Waals surface area contributed by atoms with Crippen LogP contribution in [0.5, 0.6) is 0 Å². The first-order chi connectivity index (χ1) is 9.66. The van der Waals surface area contributed by atoms with Crippen LogP contribution in [-0.2, 0) is 11.2 Å². The smallest absolute Gasteiger partial charge is 0.310 e. The molecule has 1 N–H and O–H groups in total. The van der Waals surface area contributed by atoms with Gasteiger partial charge in [0.25, 0.3) is 0 Å². The number of nitrogens with zero attached hydrogens (tertiary/aromatic N) is 2. The van der Waals surface area contributed by atoms with Crippen LogP contribution in [0.25, 0.3) is 0 Å². The normalized spacial score (nSPS) is 23.6. The van der Waals surface area contributed by atoms with Crippen molar-refractivity contribution >= 4 is 5.97 Å². The summed E-state index contributed by atoms with van der Waals surface area (Å²) in [7, 11) is 0. The molecule has 110 valence electrons. The summed E-state index contributed by atoms with van der Waals surface area (Å²) in [5.41, 5.74) is 0.743. The fourth-order valence-corrected chi connectivity index (χ4v) is 3.22. The Morgan fingerprint density at radius 1 is 1.45 bits per heavy atom. The van der Waals surface area contributed by atoms with Gasteiger partial charge in [-0.3, -0.25) is 9.78 Å². The van der Waals surface area contributed by atoms with Crippen molar-refractivity contribution in [1.29, 1.82) is 0 Å². The lowest BCUT2D eigenvalue weighted by Crippen LogP contribution is -2.48. The van der Waals surface area contributed by atoms with Gasteiger partial charge >= 0.3 is 5.97 Å². The second-order valence-electron chi connectivity index (χ2n) is 5.82. The van der Waals surface area contributed by atoms with Gasteiger partial charge in [-0.1, -0.05) is 13.3 Å². The first-order valence-electron chi connectivity index (χ1n) is 7.51. The summed E-state index contributed by atoms with van der Waals surface area (Å²) in [5.74, 6) is -0.618. The van der Waals surface area contributed by atoms with Crippen molar-refractivity contribution in [2.75, 3.05) is 19.6 Å². The lowest BCUT2D eigenvalue weighted by atomic mass is 9.76. The fourth-order valence-electron chi connectivity index (χ4n) is 3.22. The molecule has 0 bridgehead atoms. The summed E-state index contributed by atoms with van der Waals surface area (Å²) in [4.78, 5) is 18.0. The van der Waals surface area contributed by atoms with Crippen LogP contribution in [0, 0.1) is 5.41 Å². The van der Waals surface area contributed by atoms with Crippen molar-refractivity contribution in [3.63, 3.8) is 0 Å². The molecule has 1 fully saturated rings. The average Bonchev–Trinajstić information content (AvgIpc) is 2.47. The number of likely N-dealkylation sites (tertiary alicyclic amines) is 1. The minimum atomic E-state index is -0.618. The predicted octanol–water partition coefficient (Wildman–Crippen LogP) is 2.59. The van der Waals surface area contributed by atoms with Gasteiger partial charge < -0.3 is 10.0 Å². The monoisotopic (exact) mass is 276 g/mol. The van der Waals surface area contributed by atoms with E-state index in [9.17, 15) is 9.90 Å². The molecule has 2 rings (SSSR count). The van der Waals surface area contributed by atoms with Crippen LogP contribution in [0.1, 0.15) is 38.2 Å². The number of aromatic nitrogens is 1. The highest BCUT2D eigenvalue weighted by Gasteiger charge is 2.41. The Bertz CT molecular complexity index is 431. The van der Waals surface area contributed by atoms with Gasteiger partial charge in [0.05, 0.1) is 5.41 Å². The summed E-state index contributed by atoms with van der Waals surface area (Å²) >= 11 is 0. The minimum absolute atomic E-state index is 0.523. The topological polar surface area (TPSA) is 53.4 Å². The van der Waals surface area contributed by atoms with Gasteiger partial charge in [-0.25, -0.2) is 0 Å². The number of hydrogen-bond acceptors (Lipinski definition) is 3. The highest BCUT2D eigenvalue weighted by molar-refractivity contribution is 5.75. The van der Waals surface area contributed by atoms with Crippen molar-refractivity contribution in [1.82, 2.24) is 9.88 Å². The van der Waals surface area contributed by atoms with E-state index in [4.69, 9.17) is 0 Å². The number of rotatable bonds is 6. The highest BCUT2D eigenvalue weighted by Crippen LogP contribution is 2.35. The predicted molar refractivity (Wildman–Crippen MR) is 78.6 cm³/mol. The third kappa shape index (κ3) is 3.57. The molecule has 4 nitrogen and oxygen atoms in total. The summed E-state index contributed by atoms with van der Waals surface area (Å²) in [5, 5.41) is 9.59. The second-order valence-corrected chi connectivity index (χ2v) is 5.82. The Kier molecular flexibility index (Phi) is 5.12. The molecule has 0 amide bonds. The molecule has 1 aromatic heterocycles. The van der Waals surface area contributed by atoms with Crippen LogP contribution in [0.2, 0.25) is 0 Å². The fraction of sp³-hybridized carbons (Fsp3) is 0.625. The summed E-state index contributed by atoms with van der Waals surface area (Å²) < 4.78 is 0. The van der Waals surface area contributed by atoms with Crippen molar-refractivity contribution in [2.24, 2.45) is 5.41 Å². The maximum atomic E-state index is 11.7. The van der Waals surface area contributed by atoms with Crippen LogP contribution < -0.4 is 0 Å². The van der Waals surface area contributed by atoms with E-state index in [1.807, 2.05) is 24.5 Å². The highest BCUT2D eigenvalue weighted by atomic mass is 16.4.